The van der Waals surface area contributed by atoms with E-state index in [4.69, 9.17) is 0 Å². The summed E-state index contributed by atoms with van der Waals surface area (Å²) in [5.74, 6) is 0. The van der Waals surface area contributed by atoms with Gasteiger partial charge < -0.3 is 9.47 Å². The van der Waals surface area contributed by atoms with Crippen molar-refractivity contribution in [1.29, 1.82) is 0 Å². The van der Waals surface area contributed by atoms with Crippen LogP contribution in [-0.2, 0) is 9.47 Å². The second-order valence-corrected chi connectivity index (χ2v) is 1.98. The van der Waals surface area contributed by atoms with Gasteiger partial charge in [-0.05, 0) is 13.8 Å². The molecular weight excluding hydrogens is 177 g/mol. The van der Waals surface area contributed by atoms with Crippen LogP contribution < -0.4 is 0 Å². The summed E-state index contributed by atoms with van der Waals surface area (Å²) in [5.41, 5.74) is 0. The van der Waals surface area contributed by atoms with Crippen molar-refractivity contribution in [1.82, 2.24) is 0 Å². The number of hydrogen-bond acceptors (Lipinski definition) is 3. The van der Waals surface area contributed by atoms with E-state index in [0.717, 1.165) is 6.92 Å². The van der Waals surface area contributed by atoms with Crippen molar-refractivity contribution < 1.29 is 27.4 Å². The average Bonchev–Trinajstić information content (AvgIpc) is 1.85. The molecule has 1 atom stereocenters. The zero-order valence-corrected chi connectivity index (χ0v) is 6.64. The van der Waals surface area contributed by atoms with Gasteiger partial charge in [0.05, 0.1) is 6.61 Å². The smallest absolute Gasteiger partial charge is 0.435 e. The van der Waals surface area contributed by atoms with Gasteiger partial charge in [0, 0.05) is 0 Å². The van der Waals surface area contributed by atoms with Gasteiger partial charge >= 0.3 is 12.3 Å². The third-order valence-electron chi connectivity index (χ3n) is 0.996. The van der Waals surface area contributed by atoms with Crippen molar-refractivity contribution in [3.05, 3.63) is 0 Å². The van der Waals surface area contributed by atoms with Gasteiger partial charge in [-0.1, -0.05) is 0 Å². The van der Waals surface area contributed by atoms with Crippen LogP contribution in [0.1, 0.15) is 13.8 Å². The first-order chi connectivity index (χ1) is 5.38. The molecule has 0 N–H and O–H groups in total. The summed E-state index contributed by atoms with van der Waals surface area (Å²) < 4.78 is 43.2. The summed E-state index contributed by atoms with van der Waals surface area (Å²) in [6, 6.07) is 0. The maximum atomic E-state index is 11.7. The van der Waals surface area contributed by atoms with Gasteiger partial charge in [-0.2, -0.15) is 13.2 Å². The first-order valence-corrected chi connectivity index (χ1v) is 3.28. The van der Waals surface area contributed by atoms with Gasteiger partial charge in [-0.25, -0.2) is 4.79 Å². The number of hydrogen-bond donors (Lipinski definition) is 0. The van der Waals surface area contributed by atoms with Crippen molar-refractivity contribution in [2.75, 3.05) is 6.61 Å². The summed E-state index contributed by atoms with van der Waals surface area (Å²) in [5, 5.41) is 0. The summed E-state index contributed by atoms with van der Waals surface area (Å²) in [6.45, 7) is 2.19. The molecule has 12 heavy (non-hydrogen) atoms. The molecule has 72 valence electrons. The highest BCUT2D eigenvalue weighted by Gasteiger charge is 2.39. The maximum absolute atomic E-state index is 11.7. The lowest BCUT2D eigenvalue weighted by molar-refractivity contribution is -0.202. The molecule has 0 heterocycles. The van der Waals surface area contributed by atoms with Crippen molar-refractivity contribution >= 4 is 6.16 Å². The van der Waals surface area contributed by atoms with E-state index < -0.39 is 18.4 Å². The number of carbonyl (C=O) groups is 1. The third-order valence-corrected chi connectivity index (χ3v) is 0.996. The third kappa shape index (κ3) is 4.05. The van der Waals surface area contributed by atoms with E-state index in [1.165, 1.54) is 6.92 Å². The van der Waals surface area contributed by atoms with Crippen LogP contribution in [0.4, 0.5) is 18.0 Å². The minimum Gasteiger partial charge on any atom is -0.435 e. The first kappa shape index (κ1) is 11.1. The van der Waals surface area contributed by atoms with Gasteiger partial charge in [-0.3, -0.25) is 0 Å². The summed E-state index contributed by atoms with van der Waals surface area (Å²) in [6.07, 6.45) is -7.97. The van der Waals surface area contributed by atoms with E-state index in [1.54, 1.807) is 0 Å². The van der Waals surface area contributed by atoms with Crippen molar-refractivity contribution in [2.45, 2.75) is 26.1 Å². The van der Waals surface area contributed by atoms with Crippen molar-refractivity contribution in [3.8, 4) is 0 Å². The monoisotopic (exact) mass is 186 g/mol. The molecule has 0 aromatic rings. The summed E-state index contributed by atoms with van der Waals surface area (Å²) >= 11 is 0. The Morgan fingerprint density at radius 1 is 1.50 bits per heavy atom. The summed E-state index contributed by atoms with van der Waals surface area (Å²) in [7, 11) is 0. The number of halogens is 3. The lowest BCUT2D eigenvalue weighted by Gasteiger charge is -2.15. The number of ether oxygens (including phenoxy) is 2. The highest BCUT2D eigenvalue weighted by molar-refractivity contribution is 5.60. The molecule has 3 nitrogen and oxygen atoms in total. The molecule has 0 radical (unpaired) electrons. The SMILES string of the molecule is CCOC(=O)OC(C)C(F)(F)F. The molecule has 0 rings (SSSR count). The first-order valence-electron chi connectivity index (χ1n) is 3.28. The van der Waals surface area contributed by atoms with Crippen LogP contribution in [0.15, 0.2) is 0 Å². The number of rotatable bonds is 2. The molecule has 0 fully saturated rings. The molecule has 0 spiro atoms. The minimum absolute atomic E-state index is 0.0105. The second kappa shape index (κ2) is 4.18. The Morgan fingerprint density at radius 3 is 2.33 bits per heavy atom. The predicted octanol–water partition coefficient (Wildman–Crippen LogP) is 2.11. The van der Waals surface area contributed by atoms with Crippen LogP contribution in [0.2, 0.25) is 0 Å². The van der Waals surface area contributed by atoms with Gasteiger partial charge in [0.25, 0.3) is 0 Å². The molecule has 0 aliphatic heterocycles. The molecule has 0 aliphatic rings. The standard InChI is InChI=1S/C6H9F3O3/c1-3-11-5(10)12-4(2)6(7,8)9/h4H,3H2,1-2H3. The van der Waals surface area contributed by atoms with Crippen LogP contribution in [0.5, 0.6) is 0 Å². The minimum atomic E-state index is -4.53. The molecule has 6 heteroatoms. The normalized spacial score (nSPS) is 13.8. The largest absolute Gasteiger partial charge is 0.508 e. The van der Waals surface area contributed by atoms with E-state index in [-0.39, 0.29) is 6.61 Å². The quantitative estimate of drug-likeness (QED) is 0.619. The Morgan fingerprint density at radius 2 is 2.00 bits per heavy atom. The van der Waals surface area contributed by atoms with Crippen LogP contribution in [0.25, 0.3) is 0 Å². The molecule has 0 aliphatic carbocycles. The highest BCUT2D eigenvalue weighted by Crippen LogP contribution is 2.22. The summed E-state index contributed by atoms with van der Waals surface area (Å²) in [4.78, 5) is 10.4. The van der Waals surface area contributed by atoms with Crippen LogP contribution >= 0.6 is 0 Å². The zero-order valence-electron chi connectivity index (χ0n) is 6.64. The van der Waals surface area contributed by atoms with E-state index in [2.05, 4.69) is 9.47 Å². The fraction of sp³-hybridized carbons (Fsp3) is 0.833. The Hall–Kier alpha value is -0.940. The van der Waals surface area contributed by atoms with Gasteiger partial charge in [-0.15, -0.1) is 0 Å². The maximum Gasteiger partial charge on any atom is 0.508 e. The van der Waals surface area contributed by atoms with E-state index in [9.17, 15) is 18.0 Å². The van der Waals surface area contributed by atoms with E-state index in [1.807, 2.05) is 0 Å². The Bertz CT molecular complexity index is 155. The van der Waals surface area contributed by atoms with Crippen LogP contribution in [0, 0.1) is 0 Å². The number of alkyl halides is 3. The van der Waals surface area contributed by atoms with Crippen LogP contribution in [0.3, 0.4) is 0 Å². The fourth-order valence-corrected chi connectivity index (χ4v) is 0.363. The van der Waals surface area contributed by atoms with Gasteiger partial charge in [0.2, 0.25) is 0 Å². The highest BCUT2D eigenvalue weighted by atomic mass is 19.4. The molecule has 0 aromatic heterocycles. The van der Waals surface area contributed by atoms with Gasteiger partial charge in [0.15, 0.2) is 6.10 Å². The van der Waals surface area contributed by atoms with E-state index >= 15 is 0 Å². The number of carbonyl (C=O) groups excluding carboxylic acids is 1. The molecule has 0 bridgehead atoms. The molecular formula is C6H9F3O3. The molecule has 1 unspecified atom stereocenters. The molecule has 0 saturated heterocycles. The van der Waals surface area contributed by atoms with Gasteiger partial charge in [0.1, 0.15) is 0 Å². The Balaban J connectivity index is 3.84. The van der Waals surface area contributed by atoms with E-state index in [0.29, 0.717) is 0 Å². The topological polar surface area (TPSA) is 35.5 Å². The molecule has 0 saturated carbocycles. The predicted molar refractivity (Wildman–Crippen MR) is 33.6 cm³/mol. The zero-order chi connectivity index (χ0) is 9.78. The molecule has 0 amide bonds. The van der Waals surface area contributed by atoms with Crippen molar-refractivity contribution in [3.63, 3.8) is 0 Å². The fourth-order valence-electron chi connectivity index (χ4n) is 0.363. The Kier molecular flexibility index (Phi) is 3.85. The van der Waals surface area contributed by atoms with Crippen LogP contribution in [-0.4, -0.2) is 25.0 Å². The average molecular weight is 186 g/mol. The molecule has 0 aromatic carbocycles. The second-order valence-electron chi connectivity index (χ2n) is 1.98. The lowest BCUT2D eigenvalue weighted by Crippen LogP contribution is -2.31. The lowest BCUT2D eigenvalue weighted by atomic mass is 10.4. The Labute approximate surface area is 67.4 Å². The van der Waals surface area contributed by atoms with Crippen molar-refractivity contribution in [2.24, 2.45) is 0 Å².